The molecule has 0 saturated carbocycles. The fourth-order valence-corrected chi connectivity index (χ4v) is 5.39. The van der Waals surface area contributed by atoms with Crippen LogP contribution in [0.25, 0.3) is 11.5 Å². The van der Waals surface area contributed by atoms with Crippen molar-refractivity contribution in [3.05, 3.63) is 75.7 Å². The van der Waals surface area contributed by atoms with Gasteiger partial charge >= 0.3 is 0 Å². The van der Waals surface area contributed by atoms with Crippen LogP contribution in [0, 0.1) is 6.92 Å². The molecule has 4 aromatic rings. The van der Waals surface area contributed by atoms with Crippen molar-refractivity contribution < 1.29 is 13.9 Å². The second-order valence-electron chi connectivity index (χ2n) is 9.26. The topological polar surface area (TPSA) is 120 Å². The average molecular weight is 505 g/mol. The highest BCUT2D eigenvalue weighted by atomic mass is 32.1. The second-order valence-corrected chi connectivity index (χ2v) is 10.1. The highest BCUT2D eigenvalue weighted by Crippen LogP contribution is 2.35. The number of rotatable bonds is 7. The molecule has 3 aromatic heterocycles. The van der Waals surface area contributed by atoms with Gasteiger partial charge in [-0.15, -0.1) is 21.5 Å². The minimum absolute atomic E-state index is 0.0569. The number of aryl methyl sites for hydroxylation is 1. The Hall–Kier alpha value is -3.63. The van der Waals surface area contributed by atoms with Crippen molar-refractivity contribution >= 4 is 17.2 Å². The van der Waals surface area contributed by atoms with E-state index in [4.69, 9.17) is 14.9 Å². The van der Waals surface area contributed by atoms with Crippen LogP contribution in [0.2, 0.25) is 0 Å². The van der Waals surface area contributed by atoms with E-state index in [2.05, 4.69) is 20.2 Å². The highest BCUT2D eigenvalue weighted by molar-refractivity contribution is 7.09. The summed E-state index contributed by atoms with van der Waals surface area (Å²) in [6, 6.07) is 13.2. The molecule has 1 aliphatic rings. The van der Waals surface area contributed by atoms with E-state index in [9.17, 15) is 4.79 Å². The van der Waals surface area contributed by atoms with Crippen LogP contribution in [0.5, 0.6) is 5.88 Å². The molecule has 0 spiro atoms. The predicted molar refractivity (Wildman–Crippen MR) is 136 cm³/mol. The molecule has 0 radical (unpaired) electrons. The maximum absolute atomic E-state index is 13.6. The van der Waals surface area contributed by atoms with Crippen LogP contribution in [-0.2, 0) is 12.0 Å². The maximum atomic E-state index is 13.6. The average Bonchev–Trinajstić information content (AvgIpc) is 3.64. The number of aromatic nitrogens is 4. The summed E-state index contributed by atoms with van der Waals surface area (Å²) in [6.07, 6.45) is 2.32. The Labute approximate surface area is 213 Å². The molecule has 2 atom stereocenters. The molecule has 2 unspecified atom stereocenters. The molecular formula is C26H28N6O3S. The first kappa shape index (κ1) is 24.1. The predicted octanol–water partition coefficient (Wildman–Crippen LogP) is 4.30. The van der Waals surface area contributed by atoms with Gasteiger partial charge < -0.3 is 19.8 Å². The first-order valence-electron chi connectivity index (χ1n) is 11.8. The SMILES string of the molecule is COc1cc(-c2nnc(C(C)(N)Cc3ccccc3)o2)cc(C(=O)N2CCCC2c2nc(C)cs2)n1. The number of carbonyl (C=O) groups excluding carboxylic acids is 1. The summed E-state index contributed by atoms with van der Waals surface area (Å²) in [7, 11) is 1.51. The zero-order chi connectivity index (χ0) is 25.3. The number of ether oxygens (including phenoxy) is 1. The third-order valence-electron chi connectivity index (χ3n) is 6.24. The smallest absolute Gasteiger partial charge is 0.273 e. The number of benzene rings is 1. The summed E-state index contributed by atoms with van der Waals surface area (Å²) < 4.78 is 11.4. The van der Waals surface area contributed by atoms with Crippen LogP contribution in [-0.4, -0.2) is 44.6 Å². The van der Waals surface area contributed by atoms with E-state index in [1.54, 1.807) is 23.5 Å². The number of nitrogens with two attached hydrogens (primary N) is 1. The third kappa shape index (κ3) is 4.87. The first-order valence-corrected chi connectivity index (χ1v) is 12.7. The molecule has 1 fully saturated rings. The molecule has 5 rings (SSSR count). The summed E-state index contributed by atoms with van der Waals surface area (Å²) in [4.78, 5) is 24.4. The summed E-state index contributed by atoms with van der Waals surface area (Å²) in [5, 5.41) is 11.4. The van der Waals surface area contributed by atoms with Gasteiger partial charge in [0.2, 0.25) is 17.7 Å². The van der Waals surface area contributed by atoms with Crippen molar-refractivity contribution in [3.8, 4) is 17.3 Å². The first-order chi connectivity index (χ1) is 17.3. The van der Waals surface area contributed by atoms with Gasteiger partial charge in [-0.25, -0.2) is 9.97 Å². The van der Waals surface area contributed by atoms with Crippen molar-refractivity contribution in [1.29, 1.82) is 0 Å². The highest BCUT2D eigenvalue weighted by Gasteiger charge is 2.34. The number of carbonyl (C=O) groups is 1. The van der Waals surface area contributed by atoms with E-state index in [0.717, 1.165) is 29.1 Å². The van der Waals surface area contributed by atoms with E-state index in [1.807, 2.05) is 54.5 Å². The Bertz CT molecular complexity index is 1370. The second kappa shape index (κ2) is 9.79. The lowest BCUT2D eigenvalue weighted by molar-refractivity contribution is 0.0728. The van der Waals surface area contributed by atoms with E-state index < -0.39 is 5.54 Å². The molecule has 4 heterocycles. The lowest BCUT2D eigenvalue weighted by Gasteiger charge is -2.23. The Morgan fingerprint density at radius 2 is 2.06 bits per heavy atom. The largest absolute Gasteiger partial charge is 0.481 e. The number of thiazole rings is 1. The van der Waals surface area contributed by atoms with Crippen LogP contribution in [0.1, 0.15) is 58.5 Å². The third-order valence-corrected chi connectivity index (χ3v) is 7.30. The zero-order valence-electron chi connectivity index (χ0n) is 20.5. The van der Waals surface area contributed by atoms with Crippen molar-refractivity contribution in [3.63, 3.8) is 0 Å². The zero-order valence-corrected chi connectivity index (χ0v) is 21.3. The quantitative estimate of drug-likeness (QED) is 0.396. The van der Waals surface area contributed by atoms with E-state index in [0.29, 0.717) is 24.4 Å². The Morgan fingerprint density at radius 1 is 1.25 bits per heavy atom. The van der Waals surface area contributed by atoms with Gasteiger partial charge in [-0.3, -0.25) is 4.79 Å². The van der Waals surface area contributed by atoms with Gasteiger partial charge in [0.15, 0.2) is 0 Å². The Morgan fingerprint density at radius 3 is 2.78 bits per heavy atom. The number of pyridine rings is 1. The molecule has 1 saturated heterocycles. The van der Waals surface area contributed by atoms with E-state index in [1.165, 1.54) is 7.11 Å². The van der Waals surface area contributed by atoms with Crippen molar-refractivity contribution in [2.24, 2.45) is 5.73 Å². The molecular weight excluding hydrogens is 476 g/mol. The maximum Gasteiger partial charge on any atom is 0.273 e. The van der Waals surface area contributed by atoms with Crippen LogP contribution in [0.4, 0.5) is 0 Å². The van der Waals surface area contributed by atoms with Crippen LogP contribution in [0.3, 0.4) is 0 Å². The summed E-state index contributed by atoms with van der Waals surface area (Å²) in [5.41, 5.74) is 8.51. The monoisotopic (exact) mass is 504 g/mol. The van der Waals surface area contributed by atoms with Gasteiger partial charge in [-0.1, -0.05) is 30.3 Å². The molecule has 1 amide bonds. The van der Waals surface area contributed by atoms with Crippen molar-refractivity contribution in [2.75, 3.05) is 13.7 Å². The summed E-state index contributed by atoms with van der Waals surface area (Å²) >= 11 is 1.58. The number of likely N-dealkylation sites (tertiary alicyclic amines) is 1. The molecule has 2 N–H and O–H groups in total. The molecule has 9 nitrogen and oxygen atoms in total. The van der Waals surface area contributed by atoms with Crippen LogP contribution < -0.4 is 10.5 Å². The fraction of sp³-hybridized carbons (Fsp3) is 0.346. The Kier molecular flexibility index (Phi) is 6.55. The molecule has 1 aliphatic heterocycles. The standard InChI is InChI=1S/C26H28N6O3S/c1-16-15-36-23(28-16)20-10-7-11-32(20)24(33)19-12-18(13-21(29-19)34-3)22-30-31-25(35-22)26(2,27)14-17-8-5-4-6-9-17/h4-6,8-9,12-13,15,20H,7,10-11,14,27H2,1-3H3. The van der Waals surface area contributed by atoms with Crippen LogP contribution in [0.15, 0.2) is 52.3 Å². The van der Waals surface area contributed by atoms with Gasteiger partial charge in [-0.2, -0.15) is 0 Å². The van der Waals surface area contributed by atoms with Crippen molar-refractivity contribution in [1.82, 2.24) is 25.1 Å². The minimum atomic E-state index is -0.864. The van der Waals surface area contributed by atoms with Gasteiger partial charge in [0.1, 0.15) is 10.7 Å². The number of methoxy groups -OCH3 is 1. The molecule has 0 bridgehead atoms. The fourth-order valence-electron chi connectivity index (χ4n) is 4.45. The molecule has 36 heavy (non-hydrogen) atoms. The number of hydrogen-bond acceptors (Lipinski definition) is 9. The normalized spacial score (nSPS) is 17.2. The molecule has 186 valence electrons. The van der Waals surface area contributed by atoms with Gasteiger partial charge in [0.25, 0.3) is 5.91 Å². The van der Waals surface area contributed by atoms with Gasteiger partial charge in [-0.05, 0) is 44.7 Å². The number of hydrogen-bond donors (Lipinski definition) is 1. The lowest BCUT2D eigenvalue weighted by Crippen LogP contribution is -2.35. The lowest BCUT2D eigenvalue weighted by atomic mass is 9.94. The van der Waals surface area contributed by atoms with Crippen molar-refractivity contribution in [2.45, 2.75) is 44.7 Å². The number of nitrogens with zero attached hydrogens (tertiary/aromatic N) is 5. The molecule has 10 heteroatoms. The van der Waals surface area contributed by atoms with Gasteiger partial charge in [0.05, 0.1) is 18.7 Å². The van der Waals surface area contributed by atoms with E-state index >= 15 is 0 Å². The minimum Gasteiger partial charge on any atom is -0.481 e. The molecule has 1 aromatic carbocycles. The number of amides is 1. The summed E-state index contributed by atoms with van der Waals surface area (Å²) in [5.74, 6) is 0.663. The van der Waals surface area contributed by atoms with E-state index in [-0.39, 0.29) is 29.4 Å². The van der Waals surface area contributed by atoms with Crippen LogP contribution >= 0.6 is 11.3 Å². The molecule has 0 aliphatic carbocycles. The Balaban J connectivity index is 1.42. The summed E-state index contributed by atoms with van der Waals surface area (Å²) in [6.45, 7) is 4.46. The van der Waals surface area contributed by atoms with Gasteiger partial charge in [0, 0.05) is 29.2 Å².